The van der Waals surface area contributed by atoms with Crippen molar-refractivity contribution in [1.29, 1.82) is 0 Å². The smallest absolute Gasteiger partial charge is 0.257 e. The Hall–Kier alpha value is -3.38. The number of amides is 1. The summed E-state index contributed by atoms with van der Waals surface area (Å²) in [5.74, 6) is 0.552. The van der Waals surface area contributed by atoms with E-state index < -0.39 is 0 Å². The molecule has 1 amide bonds. The lowest BCUT2D eigenvalue weighted by Gasteiger charge is -2.10. The van der Waals surface area contributed by atoms with Crippen LogP contribution in [0.1, 0.15) is 15.9 Å². The first-order chi connectivity index (χ1) is 13.6. The molecule has 0 heterocycles. The van der Waals surface area contributed by atoms with Gasteiger partial charge in [0.25, 0.3) is 5.91 Å². The van der Waals surface area contributed by atoms with Crippen LogP contribution in [0, 0.1) is 0 Å². The van der Waals surface area contributed by atoms with Crippen LogP contribution in [-0.2, 0) is 6.42 Å². The number of ether oxygens (including phenoxy) is 1. The Morgan fingerprint density at radius 3 is 2.29 bits per heavy atom. The van der Waals surface area contributed by atoms with E-state index in [0.29, 0.717) is 23.6 Å². The van der Waals surface area contributed by atoms with E-state index in [0.717, 1.165) is 6.42 Å². The minimum absolute atomic E-state index is 0.159. The van der Waals surface area contributed by atoms with E-state index in [2.05, 4.69) is 22.8 Å². The molecule has 5 nitrogen and oxygen atoms in total. The second-order valence-electron chi connectivity index (χ2n) is 6.06. The first-order valence-electron chi connectivity index (χ1n) is 8.78. The summed E-state index contributed by atoms with van der Waals surface area (Å²) < 4.78 is 5.72. The van der Waals surface area contributed by atoms with Crippen molar-refractivity contribution in [1.82, 2.24) is 5.32 Å². The first-order valence-corrected chi connectivity index (χ1v) is 9.19. The van der Waals surface area contributed by atoms with Crippen molar-refractivity contribution in [2.45, 2.75) is 6.42 Å². The number of hydrogen-bond donors (Lipinski definition) is 3. The van der Waals surface area contributed by atoms with Crippen molar-refractivity contribution in [3.8, 4) is 11.5 Å². The van der Waals surface area contributed by atoms with E-state index >= 15 is 0 Å². The lowest BCUT2D eigenvalue weighted by atomic mass is 10.2. The Morgan fingerprint density at radius 1 is 0.929 bits per heavy atom. The summed E-state index contributed by atoms with van der Waals surface area (Å²) in [6.07, 6.45) is 0.820. The zero-order valence-electron chi connectivity index (χ0n) is 15.1. The van der Waals surface area contributed by atoms with Crippen molar-refractivity contribution in [2.75, 3.05) is 11.9 Å². The van der Waals surface area contributed by atoms with Crippen LogP contribution in [0.2, 0.25) is 0 Å². The number of phenols is 1. The monoisotopic (exact) mass is 392 g/mol. The number of benzene rings is 3. The highest BCUT2D eigenvalue weighted by atomic mass is 32.1. The average molecular weight is 392 g/mol. The number of nitrogens with one attached hydrogen (secondary N) is 2. The van der Waals surface area contributed by atoms with Gasteiger partial charge in [0.05, 0.1) is 6.61 Å². The van der Waals surface area contributed by atoms with Gasteiger partial charge in [-0.3, -0.25) is 10.1 Å². The van der Waals surface area contributed by atoms with Crippen molar-refractivity contribution >= 4 is 28.9 Å². The molecule has 0 fully saturated rings. The van der Waals surface area contributed by atoms with Gasteiger partial charge < -0.3 is 15.2 Å². The molecule has 0 saturated heterocycles. The minimum Gasteiger partial charge on any atom is -0.508 e. The van der Waals surface area contributed by atoms with Crippen molar-refractivity contribution in [3.63, 3.8) is 0 Å². The van der Waals surface area contributed by atoms with Gasteiger partial charge in [0.1, 0.15) is 11.5 Å². The maximum atomic E-state index is 12.3. The third kappa shape index (κ3) is 5.82. The fraction of sp³-hybridized carbons (Fsp3) is 0.0909. The average Bonchev–Trinajstić information content (AvgIpc) is 2.71. The number of phenolic OH excluding ortho intramolecular Hbond substituents is 1. The predicted molar refractivity (Wildman–Crippen MR) is 114 cm³/mol. The maximum absolute atomic E-state index is 12.3. The van der Waals surface area contributed by atoms with Gasteiger partial charge in [-0.2, -0.15) is 0 Å². The Morgan fingerprint density at radius 2 is 1.61 bits per heavy atom. The van der Waals surface area contributed by atoms with Crippen molar-refractivity contribution in [2.24, 2.45) is 0 Å². The molecule has 3 aromatic rings. The van der Waals surface area contributed by atoms with Crippen molar-refractivity contribution in [3.05, 3.63) is 90.0 Å². The molecule has 3 aromatic carbocycles. The molecule has 3 rings (SSSR count). The normalized spacial score (nSPS) is 10.1. The molecule has 28 heavy (non-hydrogen) atoms. The van der Waals surface area contributed by atoms with E-state index in [4.69, 9.17) is 17.0 Å². The number of thiocarbonyl (C=S) groups is 1. The lowest BCUT2D eigenvalue weighted by molar-refractivity contribution is 0.0977. The van der Waals surface area contributed by atoms with E-state index in [1.54, 1.807) is 36.4 Å². The van der Waals surface area contributed by atoms with Crippen LogP contribution in [0.25, 0.3) is 0 Å². The molecule has 142 valence electrons. The van der Waals surface area contributed by atoms with E-state index in [1.165, 1.54) is 17.7 Å². The highest BCUT2D eigenvalue weighted by molar-refractivity contribution is 7.80. The number of aromatic hydroxyl groups is 1. The van der Waals surface area contributed by atoms with Gasteiger partial charge in [0, 0.05) is 17.7 Å². The van der Waals surface area contributed by atoms with Gasteiger partial charge in [-0.15, -0.1) is 0 Å². The third-order valence-corrected chi connectivity index (χ3v) is 4.18. The van der Waals surface area contributed by atoms with Crippen LogP contribution in [0.15, 0.2) is 78.9 Å². The highest BCUT2D eigenvalue weighted by Gasteiger charge is 2.08. The number of anilines is 1. The fourth-order valence-corrected chi connectivity index (χ4v) is 2.73. The molecule has 0 saturated carbocycles. The summed E-state index contributed by atoms with van der Waals surface area (Å²) in [7, 11) is 0. The number of rotatable bonds is 6. The van der Waals surface area contributed by atoms with Gasteiger partial charge in [0.15, 0.2) is 5.11 Å². The summed E-state index contributed by atoms with van der Waals surface area (Å²) in [6.45, 7) is 0.566. The van der Waals surface area contributed by atoms with Crippen LogP contribution in [0.5, 0.6) is 11.5 Å². The molecule has 0 atom stereocenters. The van der Waals surface area contributed by atoms with Gasteiger partial charge in [-0.1, -0.05) is 30.3 Å². The zero-order valence-corrected chi connectivity index (χ0v) is 15.9. The van der Waals surface area contributed by atoms with Gasteiger partial charge >= 0.3 is 0 Å². The standard InChI is InChI=1S/C22H20N2O3S/c25-19-10-8-18(9-11-19)23-22(28)24-21(26)17-6-12-20(13-7-17)27-15-14-16-4-2-1-3-5-16/h1-13,25H,14-15H2,(H2,23,24,26,28). The minimum atomic E-state index is -0.313. The number of carbonyl (C=O) groups is 1. The SMILES string of the molecule is O=C(NC(=S)Nc1ccc(O)cc1)c1ccc(OCCc2ccccc2)cc1. The van der Waals surface area contributed by atoms with Crippen LogP contribution >= 0.6 is 12.2 Å². The summed E-state index contributed by atoms with van der Waals surface area (Å²) in [6, 6.07) is 23.4. The van der Waals surface area contributed by atoms with E-state index in [1.807, 2.05) is 18.2 Å². The lowest BCUT2D eigenvalue weighted by Crippen LogP contribution is -2.34. The number of hydrogen-bond acceptors (Lipinski definition) is 4. The molecular formula is C22H20N2O3S. The second-order valence-corrected chi connectivity index (χ2v) is 6.47. The Kier molecular flexibility index (Phi) is 6.59. The van der Waals surface area contributed by atoms with E-state index in [9.17, 15) is 9.90 Å². The summed E-state index contributed by atoms with van der Waals surface area (Å²) in [5.41, 5.74) is 2.36. The molecule has 6 heteroatoms. The van der Waals surface area contributed by atoms with Crippen molar-refractivity contribution < 1.29 is 14.6 Å². The topological polar surface area (TPSA) is 70.6 Å². The van der Waals surface area contributed by atoms with Gasteiger partial charge in [-0.05, 0) is 66.3 Å². The van der Waals surface area contributed by atoms with Crippen LogP contribution in [-0.4, -0.2) is 22.7 Å². The van der Waals surface area contributed by atoms with Crippen LogP contribution in [0.3, 0.4) is 0 Å². The fourth-order valence-electron chi connectivity index (χ4n) is 2.52. The second kappa shape index (κ2) is 9.53. The summed E-state index contributed by atoms with van der Waals surface area (Å²) >= 11 is 5.14. The Bertz CT molecular complexity index is 926. The number of carbonyl (C=O) groups excluding carboxylic acids is 1. The molecule has 0 spiro atoms. The molecule has 0 unspecified atom stereocenters. The zero-order chi connectivity index (χ0) is 19.8. The predicted octanol–water partition coefficient (Wildman–Crippen LogP) is 4.14. The summed E-state index contributed by atoms with van der Waals surface area (Å²) in [4.78, 5) is 12.3. The molecule has 0 aliphatic carbocycles. The Balaban J connectivity index is 1.47. The molecule has 3 N–H and O–H groups in total. The molecule has 0 aliphatic heterocycles. The van der Waals surface area contributed by atoms with Crippen LogP contribution in [0.4, 0.5) is 5.69 Å². The quantitative estimate of drug-likeness (QED) is 0.434. The van der Waals surface area contributed by atoms with Crippen LogP contribution < -0.4 is 15.4 Å². The highest BCUT2D eigenvalue weighted by Crippen LogP contribution is 2.15. The molecule has 0 aromatic heterocycles. The molecule has 0 aliphatic rings. The Labute approximate surface area is 169 Å². The maximum Gasteiger partial charge on any atom is 0.257 e. The molecular weight excluding hydrogens is 372 g/mol. The van der Waals surface area contributed by atoms with E-state index in [-0.39, 0.29) is 16.8 Å². The summed E-state index contributed by atoms with van der Waals surface area (Å²) in [5, 5.41) is 15.0. The molecule has 0 radical (unpaired) electrons. The van der Waals surface area contributed by atoms with Gasteiger partial charge in [-0.25, -0.2) is 0 Å². The largest absolute Gasteiger partial charge is 0.508 e. The molecule has 0 bridgehead atoms. The van der Waals surface area contributed by atoms with Gasteiger partial charge in [0.2, 0.25) is 0 Å². The third-order valence-electron chi connectivity index (χ3n) is 3.97. The first kappa shape index (κ1) is 19.4.